The highest BCUT2D eigenvalue weighted by molar-refractivity contribution is 6.30. The number of benzene rings is 2. The van der Waals surface area contributed by atoms with Crippen molar-refractivity contribution in [2.75, 3.05) is 0 Å². The van der Waals surface area contributed by atoms with Gasteiger partial charge in [-0.1, -0.05) is 17.7 Å². The molecule has 0 N–H and O–H groups in total. The van der Waals surface area contributed by atoms with E-state index in [9.17, 15) is 0 Å². The average Bonchev–Trinajstić information content (AvgIpc) is 2.34. The van der Waals surface area contributed by atoms with Crippen molar-refractivity contribution in [3.05, 3.63) is 58.1 Å². The summed E-state index contributed by atoms with van der Waals surface area (Å²) in [5.41, 5.74) is 2.50. The lowest BCUT2D eigenvalue weighted by Gasteiger charge is -2.10. The molecule has 0 heterocycles. The van der Waals surface area contributed by atoms with Crippen LogP contribution in [0.15, 0.2) is 36.4 Å². The van der Waals surface area contributed by atoms with E-state index >= 15 is 0 Å². The van der Waals surface area contributed by atoms with Crippen molar-refractivity contribution in [1.82, 2.24) is 0 Å². The Kier molecular flexibility index (Phi) is 3.55. The van der Waals surface area contributed by atoms with Crippen LogP contribution >= 0.6 is 11.6 Å². The number of hydrogen-bond acceptors (Lipinski definition) is 2. The Morgan fingerprint density at radius 2 is 1.78 bits per heavy atom. The third-order valence-corrected chi connectivity index (χ3v) is 2.85. The average molecular weight is 258 g/mol. The molecule has 0 radical (unpaired) electrons. The van der Waals surface area contributed by atoms with Crippen molar-refractivity contribution in [2.24, 2.45) is 0 Å². The summed E-state index contributed by atoms with van der Waals surface area (Å²) in [6.07, 6.45) is 0. The molecule has 0 aliphatic rings. The summed E-state index contributed by atoms with van der Waals surface area (Å²) in [6.45, 7) is 3.86. The van der Waals surface area contributed by atoms with Crippen LogP contribution in [0.1, 0.15) is 16.7 Å². The molecule has 0 unspecified atom stereocenters. The second kappa shape index (κ2) is 5.12. The van der Waals surface area contributed by atoms with E-state index in [2.05, 4.69) is 6.07 Å². The molecule has 0 fully saturated rings. The summed E-state index contributed by atoms with van der Waals surface area (Å²) in [6, 6.07) is 13.1. The second-order valence-electron chi connectivity index (χ2n) is 4.12. The minimum atomic E-state index is 0.532. The van der Waals surface area contributed by atoms with Crippen molar-refractivity contribution in [1.29, 1.82) is 5.26 Å². The van der Waals surface area contributed by atoms with Gasteiger partial charge in [0.1, 0.15) is 17.6 Å². The van der Waals surface area contributed by atoms with Gasteiger partial charge >= 0.3 is 0 Å². The number of rotatable bonds is 2. The molecule has 2 nitrogen and oxygen atoms in total. The molecular weight excluding hydrogens is 246 g/mol. The van der Waals surface area contributed by atoms with Crippen LogP contribution in [0, 0.1) is 25.2 Å². The summed E-state index contributed by atoms with van der Waals surface area (Å²) in [7, 11) is 0. The Morgan fingerprint density at radius 1 is 1.06 bits per heavy atom. The van der Waals surface area contributed by atoms with Crippen LogP contribution in [0.5, 0.6) is 11.5 Å². The normalized spacial score (nSPS) is 9.89. The Morgan fingerprint density at radius 3 is 2.44 bits per heavy atom. The van der Waals surface area contributed by atoms with Gasteiger partial charge in [-0.05, 0) is 55.3 Å². The zero-order valence-corrected chi connectivity index (χ0v) is 11.0. The molecule has 0 aromatic heterocycles. The van der Waals surface area contributed by atoms with E-state index < -0.39 is 0 Å². The van der Waals surface area contributed by atoms with Gasteiger partial charge in [0.05, 0.1) is 5.56 Å². The van der Waals surface area contributed by atoms with Crippen LogP contribution in [-0.2, 0) is 0 Å². The van der Waals surface area contributed by atoms with E-state index in [1.165, 1.54) is 0 Å². The highest BCUT2D eigenvalue weighted by atomic mass is 35.5. The molecule has 18 heavy (non-hydrogen) atoms. The van der Waals surface area contributed by atoms with E-state index in [-0.39, 0.29) is 0 Å². The molecule has 90 valence electrons. The third kappa shape index (κ3) is 2.64. The van der Waals surface area contributed by atoms with Crippen molar-refractivity contribution in [3.63, 3.8) is 0 Å². The van der Waals surface area contributed by atoms with Gasteiger partial charge in [0.25, 0.3) is 0 Å². The number of ether oxygens (including phenoxy) is 1. The van der Waals surface area contributed by atoms with E-state index in [1.54, 1.807) is 18.2 Å². The minimum absolute atomic E-state index is 0.532. The Bertz CT molecular complexity index is 629. The molecule has 0 saturated carbocycles. The van der Waals surface area contributed by atoms with Gasteiger partial charge in [-0.15, -0.1) is 0 Å². The Balaban J connectivity index is 2.37. The first-order chi connectivity index (χ1) is 8.60. The van der Waals surface area contributed by atoms with Crippen LogP contribution < -0.4 is 4.74 Å². The maximum atomic E-state index is 9.08. The third-order valence-electron chi connectivity index (χ3n) is 2.61. The molecular formula is C15H12ClNO. The number of aryl methyl sites for hydroxylation is 2. The number of nitrogens with zero attached hydrogens (tertiary/aromatic N) is 1. The van der Waals surface area contributed by atoms with E-state index in [4.69, 9.17) is 21.6 Å². The van der Waals surface area contributed by atoms with Gasteiger partial charge in [0.2, 0.25) is 0 Å². The first-order valence-electron chi connectivity index (χ1n) is 5.55. The van der Waals surface area contributed by atoms with Crippen LogP contribution in [0.2, 0.25) is 5.02 Å². The molecule has 2 aromatic carbocycles. The minimum Gasteiger partial charge on any atom is -0.456 e. The van der Waals surface area contributed by atoms with Gasteiger partial charge in [-0.3, -0.25) is 0 Å². The van der Waals surface area contributed by atoms with Crippen LogP contribution in [0.3, 0.4) is 0 Å². The summed E-state index contributed by atoms with van der Waals surface area (Å²) in [5.74, 6) is 1.27. The first-order valence-corrected chi connectivity index (χ1v) is 5.92. The highest BCUT2D eigenvalue weighted by Gasteiger charge is 2.07. The van der Waals surface area contributed by atoms with Crippen LogP contribution in [-0.4, -0.2) is 0 Å². The lowest BCUT2D eigenvalue weighted by molar-refractivity contribution is 0.477. The summed E-state index contributed by atoms with van der Waals surface area (Å²) in [5, 5.41) is 9.75. The van der Waals surface area contributed by atoms with Gasteiger partial charge in [0, 0.05) is 5.02 Å². The maximum absolute atomic E-state index is 9.08. The topological polar surface area (TPSA) is 33.0 Å². The Hall–Kier alpha value is -1.98. The molecule has 3 heteroatoms. The SMILES string of the molecule is Cc1ccc(Oc2ccc(Cl)cc2C)c(C#N)c1. The highest BCUT2D eigenvalue weighted by Crippen LogP contribution is 2.29. The fraction of sp³-hybridized carbons (Fsp3) is 0.133. The number of halogens is 1. The zero-order valence-electron chi connectivity index (χ0n) is 10.2. The molecule has 0 aliphatic heterocycles. The Labute approximate surface area is 111 Å². The molecule has 0 aliphatic carbocycles. The summed E-state index contributed by atoms with van der Waals surface area (Å²) >= 11 is 5.89. The van der Waals surface area contributed by atoms with Crippen LogP contribution in [0.4, 0.5) is 0 Å². The molecule has 2 aromatic rings. The van der Waals surface area contributed by atoms with Gasteiger partial charge in [-0.25, -0.2) is 0 Å². The number of nitriles is 1. The summed E-state index contributed by atoms with van der Waals surface area (Å²) in [4.78, 5) is 0. The van der Waals surface area contributed by atoms with Gasteiger partial charge < -0.3 is 4.74 Å². The lowest BCUT2D eigenvalue weighted by atomic mass is 10.1. The molecule has 0 saturated heterocycles. The van der Waals surface area contributed by atoms with Crippen molar-refractivity contribution >= 4 is 11.6 Å². The molecule has 0 spiro atoms. The molecule has 0 amide bonds. The second-order valence-corrected chi connectivity index (χ2v) is 4.56. The van der Waals surface area contributed by atoms with Crippen molar-refractivity contribution in [2.45, 2.75) is 13.8 Å². The number of hydrogen-bond donors (Lipinski definition) is 0. The molecule has 0 bridgehead atoms. The monoisotopic (exact) mass is 257 g/mol. The maximum Gasteiger partial charge on any atom is 0.145 e. The fourth-order valence-electron chi connectivity index (χ4n) is 1.67. The molecule has 0 atom stereocenters. The quantitative estimate of drug-likeness (QED) is 0.786. The predicted octanol–water partition coefficient (Wildman–Crippen LogP) is 4.62. The summed E-state index contributed by atoms with van der Waals surface area (Å²) < 4.78 is 5.76. The van der Waals surface area contributed by atoms with Crippen molar-refractivity contribution < 1.29 is 4.74 Å². The molecule has 2 rings (SSSR count). The van der Waals surface area contributed by atoms with E-state index in [0.717, 1.165) is 11.1 Å². The van der Waals surface area contributed by atoms with Gasteiger partial charge in [0.15, 0.2) is 0 Å². The largest absolute Gasteiger partial charge is 0.456 e. The van der Waals surface area contributed by atoms with Crippen LogP contribution in [0.25, 0.3) is 0 Å². The fourth-order valence-corrected chi connectivity index (χ4v) is 1.89. The first kappa shape index (κ1) is 12.5. The lowest BCUT2D eigenvalue weighted by Crippen LogP contribution is -1.91. The van der Waals surface area contributed by atoms with Crippen molar-refractivity contribution in [3.8, 4) is 17.6 Å². The van der Waals surface area contributed by atoms with E-state index in [1.807, 2.05) is 32.0 Å². The van der Waals surface area contributed by atoms with E-state index in [0.29, 0.717) is 22.1 Å². The smallest absolute Gasteiger partial charge is 0.145 e. The standard InChI is InChI=1S/C15H12ClNO/c1-10-3-5-15(12(7-10)9-17)18-14-6-4-13(16)8-11(14)2/h3-8H,1-2H3. The zero-order chi connectivity index (χ0) is 13.1. The predicted molar refractivity (Wildman–Crippen MR) is 72.2 cm³/mol. The van der Waals surface area contributed by atoms with Gasteiger partial charge in [-0.2, -0.15) is 5.26 Å².